The molecule has 6 atom stereocenters. The van der Waals surface area contributed by atoms with E-state index in [1.165, 1.54) is 0 Å². The van der Waals surface area contributed by atoms with Crippen LogP contribution in [-0.4, -0.2) is 23.1 Å². The third kappa shape index (κ3) is 3.38. The zero-order chi connectivity index (χ0) is 19.2. The van der Waals surface area contributed by atoms with Crippen LogP contribution in [0.3, 0.4) is 0 Å². The number of fused-ring (bicyclic) bond motifs is 3. The highest BCUT2D eigenvalue weighted by Gasteiger charge is 2.62. The monoisotopic (exact) mass is 386 g/mol. The predicted octanol–water partition coefficient (Wildman–Crippen LogP) is 6.14. The lowest BCUT2D eigenvalue weighted by Gasteiger charge is -2.45. The highest BCUT2D eigenvalue weighted by Crippen LogP contribution is 2.61. The summed E-state index contributed by atoms with van der Waals surface area (Å²) in [6.07, 6.45) is 6.48. The smallest absolute Gasteiger partial charge is 0.389 e. The molecular formula is C22H30F4O. The molecule has 0 aromatic rings. The summed E-state index contributed by atoms with van der Waals surface area (Å²) in [5, 5.41) is 12.1. The van der Waals surface area contributed by atoms with Gasteiger partial charge in [-0.25, -0.2) is 4.39 Å². The Hall–Kier alpha value is -0.840. The molecule has 4 aliphatic carbocycles. The van der Waals surface area contributed by atoms with Gasteiger partial charge in [0.2, 0.25) is 0 Å². The fourth-order valence-corrected chi connectivity index (χ4v) is 6.78. The molecule has 4 aliphatic rings. The summed E-state index contributed by atoms with van der Waals surface area (Å²) in [4.78, 5) is 0. The molecule has 2 fully saturated rings. The Bertz CT molecular complexity index is 604. The van der Waals surface area contributed by atoms with E-state index >= 15 is 0 Å². The van der Waals surface area contributed by atoms with Gasteiger partial charge in [-0.05, 0) is 80.6 Å². The minimum Gasteiger partial charge on any atom is -0.389 e. The number of allylic oxidation sites excluding steroid dienone is 4. The summed E-state index contributed by atoms with van der Waals surface area (Å²) in [6, 6.07) is 0. The van der Waals surface area contributed by atoms with Gasteiger partial charge in [-0.2, -0.15) is 13.2 Å². The van der Waals surface area contributed by atoms with Crippen LogP contribution in [-0.2, 0) is 0 Å². The van der Waals surface area contributed by atoms with Crippen LogP contribution in [0.15, 0.2) is 23.8 Å². The molecular weight excluding hydrogens is 356 g/mol. The SMILES string of the molecule is OC1(C2CCCCC2)C2CCCC=CC2C2CC(C(F)(F)F)=CC(F)CC21. The lowest BCUT2D eigenvalue weighted by atomic mass is 9.65. The lowest BCUT2D eigenvalue weighted by Crippen LogP contribution is -2.49. The van der Waals surface area contributed by atoms with Crippen molar-refractivity contribution in [2.24, 2.45) is 29.6 Å². The van der Waals surface area contributed by atoms with Crippen molar-refractivity contribution in [2.45, 2.75) is 82.2 Å². The molecule has 0 aromatic carbocycles. The third-order valence-corrected chi connectivity index (χ3v) is 7.85. The summed E-state index contributed by atoms with van der Waals surface area (Å²) in [5.41, 5.74) is -1.75. The Morgan fingerprint density at radius 1 is 1.00 bits per heavy atom. The van der Waals surface area contributed by atoms with Crippen LogP contribution in [0.25, 0.3) is 0 Å². The van der Waals surface area contributed by atoms with Crippen LogP contribution in [0.2, 0.25) is 0 Å². The summed E-state index contributed by atoms with van der Waals surface area (Å²) < 4.78 is 55.1. The van der Waals surface area contributed by atoms with E-state index in [1.807, 2.05) is 0 Å². The minimum absolute atomic E-state index is 0.0259. The van der Waals surface area contributed by atoms with Gasteiger partial charge < -0.3 is 5.11 Å². The molecule has 6 unspecified atom stereocenters. The molecule has 1 N–H and O–H groups in total. The molecule has 0 radical (unpaired) electrons. The first-order chi connectivity index (χ1) is 12.8. The Kier molecular flexibility index (Phi) is 5.19. The number of alkyl halides is 4. The van der Waals surface area contributed by atoms with E-state index in [2.05, 4.69) is 12.2 Å². The summed E-state index contributed by atoms with van der Waals surface area (Å²) in [6.45, 7) is 0. The van der Waals surface area contributed by atoms with Crippen LogP contribution >= 0.6 is 0 Å². The maximum Gasteiger partial charge on any atom is 0.412 e. The largest absolute Gasteiger partial charge is 0.412 e. The molecule has 0 heterocycles. The first-order valence-corrected chi connectivity index (χ1v) is 10.6. The topological polar surface area (TPSA) is 20.2 Å². The first-order valence-electron chi connectivity index (χ1n) is 10.6. The number of halogens is 4. The van der Waals surface area contributed by atoms with Gasteiger partial charge in [0.05, 0.1) is 5.60 Å². The predicted molar refractivity (Wildman–Crippen MR) is 96.7 cm³/mol. The normalized spacial score (nSPS) is 43.4. The van der Waals surface area contributed by atoms with Crippen molar-refractivity contribution in [3.8, 4) is 0 Å². The van der Waals surface area contributed by atoms with E-state index in [4.69, 9.17) is 0 Å². The van der Waals surface area contributed by atoms with E-state index in [1.54, 1.807) is 0 Å². The Morgan fingerprint density at radius 3 is 2.44 bits per heavy atom. The second kappa shape index (κ2) is 7.20. The molecule has 5 heteroatoms. The third-order valence-electron chi connectivity index (χ3n) is 7.85. The minimum atomic E-state index is -4.49. The molecule has 1 nitrogen and oxygen atoms in total. The van der Waals surface area contributed by atoms with Crippen LogP contribution < -0.4 is 0 Å². The maximum atomic E-state index is 14.6. The molecule has 0 aliphatic heterocycles. The molecule has 0 saturated heterocycles. The van der Waals surface area contributed by atoms with Crippen molar-refractivity contribution in [3.05, 3.63) is 23.8 Å². The molecule has 152 valence electrons. The van der Waals surface area contributed by atoms with Gasteiger partial charge in [0, 0.05) is 5.57 Å². The first kappa shape index (κ1) is 19.5. The van der Waals surface area contributed by atoms with Crippen molar-refractivity contribution >= 4 is 0 Å². The summed E-state index contributed by atoms with van der Waals surface area (Å²) in [5.74, 6) is -0.705. The van der Waals surface area contributed by atoms with Gasteiger partial charge in [0.15, 0.2) is 0 Å². The molecule has 4 rings (SSSR count). The van der Waals surface area contributed by atoms with E-state index in [-0.39, 0.29) is 42.4 Å². The number of hydrogen-bond donors (Lipinski definition) is 1. The molecule has 27 heavy (non-hydrogen) atoms. The van der Waals surface area contributed by atoms with Gasteiger partial charge in [-0.15, -0.1) is 0 Å². The summed E-state index contributed by atoms with van der Waals surface area (Å²) in [7, 11) is 0. The van der Waals surface area contributed by atoms with Crippen LogP contribution in [0.1, 0.15) is 64.2 Å². The highest BCUT2D eigenvalue weighted by atomic mass is 19.4. The Morgan fingerprint density at radius 2 is 1.74 bits per heavy atom. The molecule has 2 saturated carbocycles. The van der Waals surface area contributed by atoms with Gasteiger partial charge in [-0.1, -0.05) is 31.4 Å². The van der Waals surface area contributed by atoms with Crippen LogP contribution in [0, 0.1) is 29.6 Å². The van der Waals surface area contributed by atoms with Crippen molar-refractivity contribution in [3.63, 3.8) is 0 Å². The standard InChI is InChI=1S/C22H30F4O/c23-16-11-15(22(24,25)26)12-18-17-9-5-2-6-10-19(17)21(27,20(18)13-16)14-7-3-1-4-8-14/h5,9,11,14,16-20,27H,1-4,6-8,10,12-13H2. The number of hydrogen-bond acceptors (Lipinski definition) is 1. The van der Waals surface area contributed by atoms with Gasteiger partial charge >= 0.3 is 6.18 Å². The second-order valence-electron chi connectivity index (χ2n) is 9.18. The maximum absolute atomic E-state index is 14.6. The van der Waals surface area contributed by atoms with Crippen LogP contribution in [0.4, 0.5) is 17.6 Å². The van der Waals surface area contributed by atoms with E-state index in [0.717, 1.165) is 57.4 Å². The van der Waals surface area contributed by atoms with Gasteiger partial charge in [0.25, 0.3) is 0 Å². The zero-order valence-corrected chi connectivity index (χ0v) is 15.7. The van der Waals surface area contributed by atoms with Gasteiger partial charge in [0.1, 0.15) is 6.17 Å². The fourth-order valence-electron chi connectivity index (χ4n) is 6.78. The Labute approximate surface area is 158 Å². The molecule has 0 bridgehead atoms. The van der Waals surface area contributed by atoms with Crippen LogP contribution in [0.5, 0.6) is 0 Å². The van der Waals surface area contributed by atoms with E-state index in [0.29, 0.717) is 0 Å². The average Bonchev–Trinajstić information content (AvgIpc) is 2.87. The van der Waals surface area contributed by atoms with Crippen molar-refractivity contribution in [1.29, 1.82) is 0 Å². The Balaban J connectivity index is 1.74. The average molecular weight is 386 g/mol. The fraction of sp³-hybridized carbons (Fsp3) is 0.818. The van der Waals surface area contributed by atoms with Gasteiger partial charge in [-0.3, -0.25) is 0 Å². The number of rotatable bonds is 1. The zero-order valence-electron chi connectivity index (χ0n) is 15.7. The van der Waals surface area contributed by atoms with E-state index < -0.39 is 23.5 Å². The highest BCUT2D eigenvalue weighted by molar-refractivity contribution is 5.23. The molecule has 0 aromatic heterocycles. The number of aliphatic hydroxyl groups is 1. The molecule has 0 spiro atoms. The lowest BCUT2D eigenvalue weighted by molar-refractivity contribution is -0.111. The molecule has 0 amide bonds. The quantitative estimate of drug-likeness (QED) is 0.424. The van der Waals surface area contributed by atoms with Crippen molar-refractivity contribution in [2.75, 3.05) is 0 Å². The second-order valence-corrected chi connectivity index (χ2v) is 9.18. The van der Waals surface area contributed by atoms with E-state index in [9.17, 15) is 22.7 Å². The van der Waals surface area contributed by atoms with Crippen molar-refractivity contribution in [1.82, 2.24) is 0 Å². The summed E-state index contributed by atoms with van der Waals surface area (Å²) >= 11 is 0. The van der Waals surface area contributed by atoms with Crippen molar-refractivity contribution < 1.29 is 22.7 Å².